The summed E-state index contributed by atoms with van der Waals surface area (Å²) >= 11 is 0. The molecule has 0 radical (unpaired) electrons. The van der Waals surface area contributed by atoms with E-state index in [0.717, 1.165) is 4.57 Å². The van der Waals surface area contributed by atoms with Gasteiger partial charge in [0, 0.05) is 19.6 Å². The average molecular weight is 367 g/mol. The van der Waals surface area contributed by atoms with Crippen LogP contribution < -0.4 is 11.2 Å². The topological polar surface area (TPSA) is 101 Å². The zero-order chi connectivity index (χ0) is 18.2. The molecule has 3 rings (SSSR count). The van der Waals surface area contributed by atoms with Gasteiger partial charge in [-0.3, -0.25) is 9.36 Å². The van der Waals surface area contributed by atoms with Gasteiger partial charge in [-0.05, 0) is 26.0 Å². The fourth-order valence-corrected chi connectivity index (χ4v) is 4.64. The van der Waals surface area contributed by atoms with Crippen molar-refractivity contribution in [2.24, 2.45) is 0 Å². The summed E-state index contributed by atoms with van der Waals surface area (Å²) in [6.07, 6.45) is -0.379. The van der Waals surface area contributed by atoms with Gasteiger partial charge in [0.2, 0.25) is 10.0 Å². The summed E-state index contributed by atoms with van der Waals surface area (Å²) in [6.45, 7) is 3.99. The number of aromatic nitrogens is 2. The summed E-state index contributed by atoms with van der Waals surface area (Å²) in [4.78, 5) is 27.2. The van der Waals surface area contributed by atoms with E-state index in [2.05, 4.69) is 4.98 Å². The molecule has 1 aromatic carbocycles. The van der Waals surface area contributed by atoms with Crippen molar-refractivity contribution in [3.8, 4) is 0 Å². The lowest BCUT2D eigenvalue weighted by Gasteiger charge is -2.34. The van der Waals surface area contributed by atoms with Crippen molar-refractivity contribution in [1.29, 1.82) is 0 Å². The van der Waals surface area contributed by atoms with Crippen LogP contribution in [0.4, 0.5) is 0 Å². The Kier molecular flexibility index (Phi) is 4.81. The number of fused-ring (bicyclic) bond motifs is 1. The number of sulfonamides is 1. The van der Waals surface area contributed by atoms with Crippen LogP contribution in [0.3, 0.4) is 0 Å². The molecule has 25 heavy (non-hydrogen) atoms. The number of nitrogens with one attached hydrogen (secondary N) is 1. The first kappa shape index (κ1) is 17.8. The van der Waals surface area contributed by atoms with E-state index in [0.29, 0.717) is 10.9 Å². The molecule has 9 heteroatoms. The van der Waals surface area contributed by atoms with Gasteiger partial charge in [0.05, 0.1) is 28.9 Å². The van der Waals surface area contributed by atoms with Crippen LogP contribution in [0.1, 0.15) is 13.8 Å². The predicted molar refractivity (Wildman–Crippen MR) is 94.2 cm³/mol. The highest BCUT2D eigenvalue weighted by atomic mass is 32.2. The molecule has 136 valence electrons. The molecule has 0 amide bonds. The molecule has 8 nitrogen and oxygen atoms in total. The maximum atomic E-state index is 12.6. The van der Waals surface area contributed by atoms with E-state index in [9.17, 15) is 18.0 Å². The van der Waals surface area contributed by atoms with Gasteiger partial charge in [-0.1, -0.05) is 12.1 Å². The quantitative estimate of drug-likeness (QED) is 0.828. The summed E-state index contributed by atoms with van der Waals surface area (Å²) in [7, 11) is -3.59. The van der Waals surface area contributed by atoms with Crippen molar-refractivity contribution in [2.75, 3.05) is 18.8 Å². The molecule has 0 spiro atoms. The fraction of sp³-hybridized carbons (Fsp3) is 0.500. The van der Waals surface area contributed by atoms with Crippen LogP contribution in [0.15, 0.2) is 33.9 Å². The SMILES string of the molecule is C[C@@H]1CN(S(=O)(=O)CCn2c(=O)[nH]c3ccccc3c2=O)C[C@@H](C)O1. The van der Waals surface area contributed by atoms with E-state index in [1.54, 1.807) is 24.3 Å². The molecule has 1 aromatic heterocycles. The Bertz CT molecular complexity index is 985. The molecular formula is C16H21N3O5S. The van der Waals surface area contributed by atoms with E-state index in [-0.39, 0.29) is 37.6 Å². The molecule has 0 bridgehead atoms. The zero-order valence-electron chi connectivity index (χ0n) is 14.1. The Labute approximate surface area is 145 Å². The van der Waals surface area contributed by atoms with Gasteiger partial charge < -0.3 is 9.72 Å². The Balaban J connectivity index is 1.85. The molecule has 1 aliphatic heterocycles. The summed E-state index contributed by atoms with van der Waals surface area (Å²) in [6, 6.07) is 6.65. The Morgan fingerprint density at radius 2 is 1.80 bits per heavy atom. The molecule has 2 atom stereocenters. The van der Waals surface area contributed by atoms with Gasteiger partial charge in [-0.25, -0.2) is 13.2 Å². The van der Waals surface area contributed by atoms with Crippen LogP contribution in [-0.4, -0.2) is 53.3 Å². The molecule has 0 unspecified atom stereocenters. The molecular weight excluding hydrogens is 346 g/mol. The lowest BCUT2D eigenvalue weighted by atomic mass is 10.2. The minimum Gasteiger partial charge on any atom is -0.373 e. The average Bonchev–Trinajstić information content (AvgIpc) is 2.53. The van der Waals surface area contributed by atoms with Crippen molar-refractivity contribution in [1.82, 2.24) is 13.9 Å². The van der Waals surface area contributed by atoms with E-state index < -0.39 is 21.3 Å². The highest BCUT2D eigenvalue weighted by Gasteiger charge is 2.30. The van der Waals surface area contributed by atoms with Crippen molar-refractivity contribution >= 4 is 20.9 Å². The third kappa shape index (κ3) is 3.68. The molecule has 0 aliphatic carbocycles. The third-order valence-corrected chi connectivity index (χ3v) is 6.03. The number of hydrogen-bond acceptors (Lipinski definition) is 5. The molecule has 1 fully saturated rings. The first-order valence-electron chi connectivity index (χ1n) is 8.13. The molecule has 1 N–H and O–H groups in total. The molecule has 1 aliphatic rings. The Hall–Kier alpha value is -1.97. The second kappa shape index (κ2) is 6.74. The largest absolute Gasteiger partial charge is 0.373 e. The van der Waals surface area contributed by atoms with Crippen LogP contribution >= 0.6 is 0 Å². The van der Waals surface area contributed by atoms with Crippen molar-refractivity contribution < 1.29 is 13.2 Å². The number of hydrogen-bond donors (Lipinski definition) is 1. The fourth-order valence-electron chi connectivity index (χ4n) is 3.10. The monoisotopic (exact) mass is 367 g/mol. The van der Waals surface area contributed by atoms with Gasteiger partial charge in [0.15, 0.2) is 0 Å². The minimum atomic E-state index is -3.59. The summed E-state index contributed by atoms with van der Waals surface area (Å²) < 4.78 is 33.0. The molecule has 1 saturated heterocycles. The molecule has 0 saturated carbocycles. The van der Waals surface area contributed by atoms with Gasteiger partial charge in [-0.15, -0.1) is 0 Å². The standard InChI is InChI=1S/C16H21N3O5S/c1-11-9-18(10-12(2)24-11)25(22,23)8-7-19-15(20)13-5-3-4-6-14(13)17-16(19)21/h3-6,11-12H,7-10H2,1-2H3,(H,17,21)/t11-,12-/m1/s1. The van der Waals surface area contributed by atoms with Crippen molar-refractivity contribution in [3.63, 3.8) is 0 Å². The summed E-state index contributed by atoms with van der Waals surface area (Å²) in [5.74, 6) is -0.312. The number of morpholine rings is 1. The number of nitrogens with zero attached hydrogens (tertiary/aromatic N) is 2. The molecule has 2 aromatic rings. The number of aromatic amines is 1. The van der Waals surface area contributed by atoms with Gasteiger partial charge in [-0.2, -0.15) is 4.31 Å². The zero-order valence-corrected chi connectivity index (χ0v) is 15.0. The predicted octanol–water partition coefficient (Wildman–Crippen LogP) is 0.129. The second-order valence-electron chi connectivity index (χ2n) is 6.32. The van der Waals surface area contributed by atoms with Crippen LogP contribution in [0.2, 0.25) is 0 Å². The highest BCUT2D eigenvalue weighted by Crippen LogP contribution is 2.15. The number of H-pyrrole nitrogens is 1. The highest BCUT2D eigenvalue weighted by molar-refractivity contribution is 7.89. The number of para-hydroxylation sites is 1. The van der Waals surface area contributed by atoms with E-state index in [1.807, 2.05) is 13.8 Å². The smallest absolute Gasteiger partial charge is 0.328 e. The first-order chi connectivity index (χ1) is 11.8. The van der Waals surface area contributed by atoms with Gasteiger partial charge in [0.1, 0.15) is 0 Å². The van der Waals surface area contributed by atoms with Crippen LogP contribution in [0.5, 0.6) is 0 Å². The van der Waals surface area contributed by atoms with Crippen LogP contribution in [0.25, 0.3) is 10.9 Å². The Morgan fingerprint density at radius 3 is 2.48 bits per heavy atom. The first-order valence-corrected chi connectivity index (χ1v) is 9.74. The van der Waals surface area contributed by atoms with E-state index >= 15 is 0 Å². The number of rotatable bonds is 4. The maximum Gasteiger partial charge on any atom is 0.328 e. The third-order valence-electron chi connectivity index (χ3n) is 4.24. The van der Waals surface area contributed by atoms with Crippen molar-refractivity contribution in [3.05, 3.63) is 45.1 Å². The lowest BCUT2D eigenvalue weighted by Crippen LogP contribution is -2.49. The lowest BCUT2D eigenvalue weighted by molar-refractivity contribution is -0.0440. The molecule has 2 heterocycles. The van der Waals surface area contributed by atoms with E-state index in [4.69, 9.17) is 4.74 Å². The van der Waals surface area contributed by atoms with Gasteiger partial charge in [0.25, 0.3) is 5.56 Å². The van der Waals surface area contributed by atoms with Crippen molar-refractivity contribution in [2.45, 2.75) is 32.6 Å². The summed E-state index contributed by atoms with van der Waals surface area (Å²) in [5.41, 5.74) is -0.659. The number of ether oxygens (including phenoxy) is 1. The minimum absolute atomic E-state index is 0.190. The number of benzene rings is 1. The summed E-state index contributed by atoms with van der Waals surface area (Å²) in [5, 5.41) is 0.355. The van der Waals surface area contributed by atoms with Gasteiger partial charge >= 0.3 is 5.69 Å². The van der Waals surface area contributed by atoms with E-state index in [1.165, 1.54) is 4.31 Å². The Morgan fingerprint density at radius 1 is 1.16 bits per heavy atom. The normalized spacial score (nSPS) is 22.3. The van der Waals surface area contributed by atoms with Crippen LogP contribution in [-0.2, 0) is 21.3 Å². The second-order valence-corrected chi connectivity index (χ2v) is 8.41. The van der Waals surface area contributed by atoms with Crippen LogP contribution in [0, 0.1) is 0 Å². The maximum absolute atomic E-state index is 12.6.